The van der Waals surface area contributed by atoms with Crippen molar-refractivity contribution in [1.29, 1.82) is 0 Å². The molecule has 0 heterocycles. The molecular weight excluding hydrogens is 420 g/mol. The smallest absolute Gasteiger partial charge is 0.00143 e. The molecule has 1 unspecified atom stereocenters. The van der Waals surface area contributed by atoms with Crippen LogP contribution in [0.25, 0.3) is 16.7 Å². The van der Waals surface area contributed by atoms with Crippen molar-refractivity contribution in [3.05, 3.63) is 112 Å². The second-order valence-electron chi connectivity index (χ2n) is 11.2. The molecule has 3 aromatic carbocycles. The maximum atomic E-state index is 4.83. The van der Waals surface area contributed by atoms with Crippen LogP contribution in [0.5, 0.6) is 0 Å². The highest BCUT2D eigenvalue weighted by atomic mass is 14.4. The summed E-state index contributed by atoms with van der Waals surface area (Å²) >= 11 is 0. The molecule has 0 nitrogen and oxygen atoms in total. The van der Waals surface area contributed by atoms with Crippen LogP contribution in [0.3, 0.4) is 0 Å². The van der Waals surface area contributed by atoms with E-state index in [1.165, 1.54) is 83.1 Å². The summed E-state index contributed by atoms with van der Waals surface area (Å²) in [6.07, 6.45) is 11.4. The molecule has 0 amide bonds. The van der Waals surface area contributed by atoms with Gasteiger partial charge in [-0.3, -0.25) is 0 Å². The molecule has 1 atom stereocenters. The second-order valence-corrected chi connectivity index (χ2v) is 11.2. The minimum absolute atomic E-state index is 0.553. The molecule has 3 aliphatic rings. The van der Waals surface area contributed by atoms with E-state index in [0.29, 0.717) is 5.92 Å². The van der Waals surface area contributed by atoms with Crippen molar-refractivity contribution < 1.29 is 0 Å². The molecule has 178 valence electrons. The van der Waals surface area contributed by atoms with E-state index < -0.39 is 0 Å². The highest BCUT2D eigenvalue weighted by molar-refractivity contribution is 5.78. The molecule has 0 radical (unpaired) electrons. The van der Waals surface area contributed by atoms with Gasteiger partial charge in [0.1, 0.15) is 0 Å². The van der Waals surface area contributed by atoms with Gasteiger partial charge < -0.3 is 0 Å². The molecule has 6 rings (SSSR count). The first-order valence-corrected chi connectivity index (χ1v) is 13.8. The third-order valence-corrected chi connectivity index (χ3v) is 9.11. The van der Waals surface area contributed by atoms with Gasteiger partial charge in [0.05, 0.1) is 0 Å². The van der Waals surface area contributed by atoms with Crippen LogP contribution < -0.4 is 0 Å². The minimum Gasteiger partial charge on any atom is -0.0952 e. The first kappa shape index (κ1) is 22.6. The van der Waals surface area contributed by atoms with Crippen molar-refractivity contribution in [2.24, 2.45) is 11.8 Å². The van der Waals surface area contributed by atoms with Crippen molar-refractivity contribution >= 4 is 5.57 Å². The zero-order valence-electron chi connectivity index (χ0n) is 21.5. The number of hydrogen-bond acceptors (Lipinski definition) is 0. The van der Waals surface area contributed by atoms with E-state index in [4.69, 9.17) is 6.58 Å². The Balaban J connectivity index is 1.33. The van der Waals surface area contributed by atoms with Crippen LogP contribution >= 0.6 is 0 Å². The Bertz CT molecular complexity index is 1290. The van der Waals surface area contributed by atoms with E-state index in [0.717, 1.165) is 25.2 Å². The summed E-state index contributed by atoms with van der Waals surface area (Å²) in [5.74, 6) is 1.32. The number of benzene rings is 3. The molecule has 0 spiro atoms. The minimum atomic E-state index is 0.553. The molecule has 1 fully saturated rings. The number of fused-ring (bicyclic) bond motifs is 2. The molecule has 0 heteroatoms. The standard InChI is InChI=1S/C35H38/c1-4-25-14-16-26(17-15-25)29-18-30(35-22-31(35)19-29)21-34(27-10-6-5-7-11-27)24(3)33-20-28-12-8-9-13-32(28)23(33)2/h8-9,12-19,27,34H,3-7,10-11,20-22H2,1-2H3. The van der Waals surface area contributed by atoms with Gasteiger partial charge in [-0.05, 0) is 119 Å². The van der Waals surface area contributed by atoms with Crippen LogP contribution in [0.2, 0.25) is 0 Å². The molecule has 0 aromatic heterocycles. The number of aryl methyl sites for hydroxylation is 1. The van der Waals surface area contributed by atoms with E-state index >= 15 is 0 Å². The summed E-state index contributed by atoms with van der Waals surface area (Å²) in [6, 6.07) is 23.1. The molecule has 0 saturated heterocycles. The lowest BCUT2D eigenvalue weighted by atomic mass is 9.72. The van der Waals surface area contributed by atoms with Gasteiger partial charge >= 0.3 is 0 Å². The SMILES string of the molecule is C=C(C1=C(C)c2ccccc2C1)C(Cc1cc(-c2ccc(CC)cc2)cc2c1C2)C1CCCCC1. The predicted octanol–water partition coefficient (Wildman–Crippen LogP) is 9.15. The van der Waals surface area contributed by atoms with Gasteiger partial charge in [-0.25, -0.2) is 0 Å². The first-order chi connectivity index (χ1) is 17.1. The Hall–Kier alpha value is -2.86. The summed E-state index contributed by atoms with van der Waals surface area (Å²) in [7, 11) is 0. The molecular formula is C35H38. The third-order valence-electron chi connectivity index (χ3n) is 9.11. The summed E-state index contributed by atoms with van der Waals surface area (Å²) < 4.78 is 0. The average molecular weight is 459 g/mol. The number of hydrogen-bond donors (Lipinski definition) is 0. The molecule has 1 saturated carbocycles. The highest BCUT2D eigenvalue weighted by Gasteiger charge is 2.33. The molecule has 3 aromatic rings. The maximum absolute atomic E-state index is 4.83. The lowest BCUT2D eigenvalue weighted by molar-refractivity contribution is 0.276. The molecule has 0 N–H and O–H groups in total. The second kappa shape index (κ2) is 9.30. The first-order valence-electron chi connectivity index (χ1n) is 13.8. The van der Waals surface area contributed by atoms with E-state index in [9.17, 15) is 0 Å². The van der Waals surface area contributed by atoms with Gasteiger partial charge in [0.15, 0.2) is 0 Å². The molecule has 3 aliphatic carbocycles. The van der Waals surface area contributed by atoms with Gasteiger partial charge in [0.2, 0.25) is 0 Å². The van der Waals surface area contributed by atoms with E-state index in [1.807, 2.05) is 0 Å². The van der Waals surface area contributed by atoms with Crippen LogP contribution in [-0.4, -0.2) is 0 Å². The largest absolute Gasteiger partial charge is 0.0952 e. The topological polar surface area (TPSA) is 0 Å². The Morgan fingerprint density at radius 1 is 0.886 bits per heavy atom. The van der Waals surface area contributed by atoms with Crippen molar-refractivity contribution in [2.45, 2.75) is 71.6 Å². The van der Waals surface area contributed by atoms with Crippen molar-refractivity contribution in [1.82, 2.24) is 0 Å². The van der Waals surface area contributed by atoms with Crippen molar-refractivity contribution in [3.8, 4) is 11.1 Å². The highest BCUT2D eigenvalue weighted by Crippen LogP contribution is 2.45. The fourth-order valence-electron chi connectivity index (χ4n) is 6.84. The van der Waals surface area contributed by atoms with E-state index in [1.54, 1.807) is 16.7 Å². The lowest BCUT2D eigenvalue weighted by Gasteiger charge is -2.33. The summed E-state index contributed by atoms with van der Waals surface area (Å²) in [5, 5.41) is 0. The van der Waals surface area contributed by atoms with E-state index in [-0.39, 0.29) is 0 Å². The fraction of sp³-hybridized carbons (Fsp3) is 0.371. The fourth-order valence-corrected chi connectivity index (χ4v) is 6.84. The maximum Gasteiger partial charge on any atom is -0.00143 e. The van der Waals surface area contributed by atoms with Gasteiger partial charge in [-0.15, -0.1) is 0 Å². The van der Waals surface area contributed by atoms with Crippen molar-refractivity contribution in [2.75, 3.05) is 0 Å². The Morgan fingerprint density at radius 2 is 1.66 bits per heavy atom. The van der Waals surface area contributed by atoms with Gasteiger partial charge in [0, 0.05) is 0 Å². The normalized spacial score (nSPS) is 17.8. The molecule has 0 bridgehead atoms. The van der Waals surface area contributed by atoms with Gasteiger partial charge in [0.25, 0.3) is 0 Å². The van der Waals surface area contributed by atoms with Crippen LogP contribution in [0.4, 0.5) is 0 Å². The lowest BCUT2D eigenvalue weighted by Crippen LogP contribution is -2.23. The van der Waals surface area contributed by atoms with Crippen molar-refractivity contribution in [3.63, 3.8) is 0 Å². The number of rotatable bonds is 7. The third kappa shape index (κ3) is 4.33. The zero-order chi connectivity index (χ0) is 23.9. The average Bonchev–Trinajstić information content (AvgIpc) is 3.63. The van der Waals surface area contributed by atoms with Crippen LogP contribution in [0.1, 0.15) is 79.3 Å². The van der Waals surface area contributed by atoms with Gasteiger partial charge in [-0.1, -0.05) is 93.4 Å². The summed E-state index contributed by atoms with van der Waals surface area (Å²) in [5.41, 5.74) is 16.3. The predicted molar refractivity (Wildman–Crippen MR) is 150 cm³/mol. The van der Waals surface area contributed by atoms with E-state index in [2.05, 4.69) is 74.5 Å². The van der Waals surface area contributed by atoms with Crippen LogP contribution in [0, 0.1) is 11.8 Å². The van der Waals surface area contributed by atoms with Gasteiger partial charge in [-0.2, -0.15) is 0 Å². The Morgan fingerprint density at radius 3 is 2.40 bits per heavy atom. The summed E-state index contributed by atoms with van der Waals surface area (Å²) in [6.45, 7) is 9.38. The van der Waals surface area contributed by atoms with Crippen LogP contribution in [-0.2, 0) is 25.7 Å². The van der Waals surface area contributed by atoms with Crippen LogP contribution in [0.15, 0.2) is 78.4 Å². The number of allylic oxidation sites excluding steroid dienone is 3. The molecule has 35 heavy (non-hydrogen) atoms. The zero-order valence-corrected chi connectivity index (χ0v) is 21.5. The monoisotopic (exact) mass is 458 g/mol. The molecule has 0 aliphatic heterocycles. The Kier molecular flexibility index (Phi) is 6.01. The quantitative estimate of drug-likeness (QED) is 0.259. The summed E-state index contributed by atoms with van der Waals surface area (Å²) in [4.78, 5) is 0. The Labute approximate surface area is 211 Å².